The molecule has 0 bridgehead atoms. The van der Waals surface area contributed by atoms with E-state index in [1.54, 1.807) is 6.33 Å². The second kappa shape index (κ2) is 4.68. The predicted molar refractivity (Wildman–Crippen MR) is 74.7 cm³/mol. The van der Waals surface area contributed by atoms with Crippen LogP contribution in [0.25, 0.3) is 11.2 Å². The first kappa shape index (κ1) is 11.6. The van der Waals surface area contributed by atoms with Crippen LogP contribution in [0, 0.1) is 0 Å². The van der Waals surface area contributed by atoms with Crippen LogP contribution in [-0.2, 0) is 0 Å². The van der Waals surface area contributed by atoms with Crippen LogP contribution in [0.3, 0.4) is 0 Å². The molecule has 0 spiro atoms. The van der Waals surface area contributed by atoms with Crippen molar-refractivity contribution in [1.82, 2.24) is 19.9 Å². The maximum Gasteiger partial charge on any atom is 0.183 e. The molecule has 96 valence electrons. The molecular formula is C14H15N5. The van der Waals surface area contributed by atoms with Gasteiger partial charge < -0.3 is 10.7 Å². The number of benzene rings is 1. The smallest absolute Gasteiger partial charge is 0.183 e. The van der Waals surface area contributed by atoms with Crippen LogP contribution < -0.4 is 5.73 Å². The van der Waals surface area contributed by atoms with Crippen molar-refractivity contribution >= 4 is 17.0 Å². The average Bonchev–Trinajstić information content (AvgIpc) is 2.90. The lowest BCUT2D eigenvalue weighted by atomic mass is 9.96. The van der Waals surface area contributed by atoms with E-state index in [1.807, 2.05) is 18.2 Å². The fourth-order valence-electron chi connectivity index (χ4n) is 2.28. The molecule has 0 aliphatic carbocycles. The van der Waals surface area contributed by atoms with Gasteiger partial charge in [0, 0.05) is 5.92 Å². The Balaban J connectivity index is 2.11. The summed E-state index contributed by atoms with van der Waals surface area (Å²) in [5.74, 6) is 1.32. The number of nitrogens with two attached hydrogens (primary N) is 1. The Morgan fingerprint density at radius 3 is 2.74 bits per heavy atom. The Morgan fingerprint density at radius 1 is 1.21 bits per heavy atom. The summed E-state index contributed by atoms with van der Waals surface area (Å²) in [6, 6.07) is 10.2. The van der Waals surface area contributed by atoms with Crippen molar-refractivity contribution in [2.45, 2.75) is 19.3 Å². The van der Waals surface area contributed by atoms with E-state index in [0.29, 0.717) is 17.0 Å². The van der Waals surface area contributed by atoms with Crippen molar-refractivity contribution < 1.29 is 0 Å². The SMILES string of the molecule is CC[C@@H](c1ccccc1)c1nc(N)c2[nH]cnc2n1. The van der Waals surface area contributed by atoms with E-state index >= 15 is 0 Å². The Hall–Kier alpha value is -2.43. The predicted octanol–water partition coefficient (Wildman–Crippen LogP) is 2.48. The van der Waals surface area contributed by atoms with Crippen molar-refractivity contribution in [1.29, 1.82) is 0 Å². The zero-order valence-corrected chi connectivity index (χ0v) is 10.7. The molecule has 1 atom stereocenters. The van der Waals surface area contributed by atoms with Crippen LogP contribution in [0.5, 0.6) is 0 Å². The van der Waals surface area contributed by atoms with Gasteiger partial charge in [-0.3, -0.25) is 0 Å². The Labute approximate surface area is 110 Å². The number of nitrogen functional groups attached to an aromatic ring is 1. The maximum absolute atomic E-state index is 5.95. The lowest BCUT2D eigenvalue weighted by Crippen LogP contribution is -2.08. The van der Waals surface area contributed by atoms with E-state index in [2.05, 4.69) is 39.0 Å². The first-order chi connectivity index (χ1) is 9.29. The molecule has 0 unspecified atom stereocenters. The molecule has 0 aliphatic heterocycles. The molecule has 3 N–H and O–H groups in total. The molecule has 3 aromatic rings. The van der Waals surface area contributed by atoms with Gasteiger partial charge in [0.1, 0.15) is 11.3 Å². The highest BCUT2D eigenvalue weighted by molar-refractivity contribution is 5.80. The van der Waals surface area contributed by atoms with Crippen molar-refractivity contribution in [3.63, 3.8) is 0 Å². The third kappa shape index (κ3) is 2.03. The minimum absolute atomic E-state index is 0.143. The lowest BCUT2D eigenvalue weighted by Gasteiger charge is -2.14. The van der Waals surface area contributed by atoms with Gasteiger partial charge in [0.2, 0.25) is 0 Å². The quantitative estimate of drug-likeness (QED) is 0.751. The first-order valence-electron chi connectivity index (χ1n) is 6.31. The number of fused-ring (bicyclic) bond motifs is 1. The molecule has 0 radical (unpaired) electrons. The second-order valence-electron chi connectivity index (χ2n) is 4.44. The molecule has 0 saturated carbocycles. The molecule has 2 aromatic heterocycles. The molecule has 3 rings (SSSR count). The van der Waals surface area contributed by atoms with Gasteiger partial charge in [-0.2, -0.15) is 0 Å². The number of aromatic nitrogens is 4. The van der Waals surface area contributed by atoms with Gasteiger partial charge in [-0.25, -0.2) is 15.0 Å². The largest absolute Gasteiger partial charge is 0.382 e. The van der Waals surface area contributed by atoms with Crippen LogP contribution in [-0.4, -0.2) is 19.9 Å². The highest BCUT2D eigenvalue weighted by atomic mass is 15.0. The van der Waals surface area contributed by atoms with Gasteiger partial charge in [0.05, 0.1) is 6.33 Å². The van der Waals surface area contributed by atoms with Crippen LogP contribution in [0.4, 0.5) is 5.82 Å². The lowest BCUT2D eigenvalue weighted by molar-refractivity contribution is 0.722. The van der Waals surface area contributed by atoms with Crippen LogP contribution >= 0.6 is 0 Å². The summed E-state index contributed by atoms with van der Waals surface area (Å²) >= 11 is 0. The van der Waals surface area contributed by atoms with Crippen LogP contribution in [0.15, 0.2) is 36.7 Å². The first-order valence-corrected chi connectivity index (χ1v) is 6.31. The third-order valence-corrected chi connectivity index (χ3v) is 3.25. The molecule has 19 heavy (non-hydrogen) atoms. The van der Waals surface area contributed by atoms with Crippen molar-refractivity contribution in [2.24, 2.45) is 0 Å². The fourth-order valence-corrected chi connectivity index (χ4v) is 2.28. The molecule has 5 heteroatoms. The summed E-state index contributed by atoms with van der Waals surface area (Å²) in [5, 5.41) is 0. The number of hydrogen-bond donors (Lipinski definition) is 2. The van der Waals surface area contributed by atoms with E-state index in [0.717, 1.165) is 12.2 Å². The fraction of sp³-hybridized carbons (Fsp3) is 0.214. The van der Waals surface area contributed by atoms with Gasteiger partial charge in [-0.05, 0) is 12.0 Å². The number of anilines is 1. The number of hydrogen-bond acceptors (Lipinski definition) is 4. The third-order valence-electron chi connectivity index (χ3n) is 3.25. The summed E-state index contributed by atoms with van der Waals surface area (Å²) in [5.41, 5.74) is 8.47. The van der Waals surface area contributed by atoms with E-state index in [4.69, 9.17) is 5.73 Å². The normalized spacial score (nSPS) is 12.7. The summed E-state index contributed by atoms with van der Waals surface area (Å²) in [6.07, 6.45) is 2.50. The van der Waals surface area contributed by atoms with E-state index in [-0.39, 0.29) is 5.92 Å². The molecule has 5 nitrogen and oxygen atoms in total. The van der Waals surface area contributed by atoms with Crippen molar-refractivity contribution in [3.8, 4) is 0 Å². The number of aromatic amines is 1. The average molecular weight is 253 g/mol. The summed E-state index contributed by atoms with van der Waals surface area (Å²) in [6.45, 7) is 2.12. The summed E-state index contributed by atoms with van der Waals surface area (Å²) < 4.78 is 0. The zero-order valence-electron chi connectivity index (χ0n) is 10.7. The molecule has 1 aromatic carbocycles. The molecule has 0 saturated heterocycles. The Morgan fingerprint density at radius 2 is 2.00 bits per heavy atom. The number of imidazole rings is 1. The topological polar surface area (TPSA) is 80.5 Å². The Bertz CT molecular complexity index is 689. The minimum atomic E-state index is 0.143. The number of rotatable bonds is 3. The second-order valence-corrected chi connectivity index (χ2v) is 4.44. The van der Waals surface area contributed by atoms with Gasteiger partial charge in [-0.1, -0.05) is 37.3 Å². The van der Waals surface area contributed by atoms with Crippen LogP contribution in [0.2, 0.25) is 0 Å². The number of nitrogens with zero attached hydrogens (tertiary/aromatic N) is 3. The summed E-state index contributed by atoms with van der Waals surface area (Å²) in [4.78, 5) is 16.0. The molecule has 0 amide bonds. The molecule has 0 aliphatic rings. The van der Waals surface area contributed by atoms with Gasteiger partial charge in [0.25, 0.3) is 0 Å². The van der Waals surface area contributed by atoms with Gasteiger partial charge >= 0.3 is 0 Å². The van der Waals surface area contributed by atoms with Crippen molar-refractivity contribution in [2.75, 3.05) is 5.73 Å². The number of H-pyrrole nitrogens is 1. The monoisotopic (exact) mass is 253 g/mol. The zero-order chi connectivity index (χ0) is 13.2. The number of nitrogens with one attached hydrogen (secondary N) is 1. The van der Waals surface area contributed by atoms with E-state index in [1.165, 1.54) is 5.56 Å². The molecular weight excluding hydrogens is 238 g/mol. The molecule has 2 heterocycles. The van der Waals surface area contributed by atoms with Gasteiger partial charge in [0.15, 0.2) is 11.5 Å². The highest BCUT2D eigenvalue weighted by Crippen LogP contribution is 2.27. The minimum Gasteiger partial charge on any atom is -0.382 e. The molecule has 0 fully saturated rings. The Kier molecular flexibility index (Phi) is 2.87. The van der Waals surface area contributed by atoms with E-state index < -0.39 is 0 Å². The maximum atomic E-state index is 5.95. The van der Waals surface area contributed by atoms with Crippen LogP contribution in [0.1, 0.15) is 30.7 Å². The van der Waals surface area contributed by atoms with Crippen molar-refractivity contribution in [3.05, 3.63) is 48.0 Å². The van der Waals surface area contributed by atoms with E-state index in [9.17, 15) is 0 Å². The van der Waals surface area contributed by atoms with Gasteiger partial charge in [-0.15, -0.1) is 0 Å². The highest BCUT2D eigenvalue weighted by Gasteiger charge is 2.17. The standard InChI is InChI=1S/C14H15N5/c1-2-10(9-6-4-3-5-7-9)13-18-12(15)11-14(19-13)17-8-16-11/h3-8,10H,2H2,1H3,(H3,15,16,17,18,19)/t10-/m0/s1. The summed E-state index contributed by atoms with van der Waals surface area (Å²) in [7, 11) is 0.